The Hall–Kier alpha value is -3.64. The summed E-state index contributed by atoms with van der Waals surface area (Å²) in [7, 11) is 0. The second-order valence-electron chi connectivity index (χ2n) is 4.20. The van der Waals surface area contributed by atoms with Crippen molar-refractivity contribution >= 4 is 17.3 Å². The van der Waals surface area contributed by atoms with Crippen LogP contribution < -0.4 is 10.6 Å². The average Bonchev–Trinajstić information content (AvgIpc) is 2.57. The Labute approximate surface area is 127 Å². The average molecular weight is 289 g/mol. The van der Waals surface area contributed by atoms with Crippen LogP contribution in [0.5, 0.6) is 0 Å². The molecule has 0 unspecified atom stereocenters. The van der Waals surface area contributed by atoms with Crippen LogP contribution in [0.25, 0.3) is 0 Å². The molecule has 0 fully saturated rings. The first kappa shape index (κ1) is 14.8. The molecule has 0 radical (unpaired) electrons. The highest BCUT2D eigenvalue weighted by Crippen LogP contribution is 2.12. The van der Waals surface area contributed by atoms with Crippen molar-refractivity contribution in [3.05, 3.63) is 66.1 Å². The highest BCUT2D eigenvalue weighted by molar-refractivity contribution is 6.04. The van der Waals surface area contributed by atoms with Gasteiger partial charge in [0.15, 0.2) is 0 Å². The zero-order chi connectivity index (χ0) is 15.8. The van der Waals surface area contributed by atoms with Crippen LogP contribution in [0.1, 0.15) is 10.4 Å². The van der Waals surface area contributed by atoms with Crippen molar-refractivity contribution in [3.8, 4) is 12.1 Å². The number of allylic oxidation sites excluding steroid dienone is 1. The van der Waals surface area contributed by atoms with E-state index in [4.69, 9.17) is 10.5 Å². The minimum absolute atomic E-state index is 0.0293. The number of hydrogen-bond acceptors (Lipinski definition) is 5. The summed E-state index contributed by atoms with van der Waals surface area (Å²) >= 11 is 0. The molecule has 1 aromatic heterocycles. The van der Waals surface area contributed by atoms with E-state index in [-0.39, 0.29) is 11.5 Å². The van der Waals surface area contributed by atoms with Crippen molar-refractivity contribution in [2.75, 3.05) is 10.6 Å². The third-order valence-corrected chi connectivity index (χ3v) is 2.69. The number of aromatic nitrogens is 1. The van der Waals surface area contributed by atoms with Gasteiger partial charge >= 0.3 is 0 Å². The molecule has 0 spiro atoms. The Bertz CT molecular complexity index is 751. The van der Waals surface area contributed by atoms with Gasteiger partial charge in [0.1, 0.15) is 17.7 Å². The highest BCUT2D eigenvalue weighted by Gasteiger charge is 2.05. The number of amides is 1. The van der Waals surface area contributed by atoms with E-state index < -0.39 is 0 Å². The SMILES string of the molecule is N#CC(C#N)=CNc1ccc(C(=O)Nc2cccnc2)cc1. The summed E-state index contributed by atoms with van der Waals surface area (Å²) in [6.45, 7) is 0. The third kappa shape index (κ3) is 3.92. The van der Waals surface area contributed by atoms with E-state index in [0.29, 0.717) is 16.9 Å². The second kappa shape index (κ2) is 7.22. The van der Waals surface area contributed by atoms with Crippen LogP contribution in [0.3, 0.4) is 0 Å². The summed E-state index contributed by atoms with van der Waals surface area (Å²) in [5, 5.41) is 22.8. The largest absolute Gasteiger partial charge is 0.360 e. The molecule has 0 aliphatic carbocycles. The summed E-state index contributed by atoms with van der Waals surface area (Å²) in [6, 6.07) is 13.6. The van der Waals surface area contributed by atoms with Gasteiger partial charge in [0.2, 0.25) is 0 Å². The summed E-state index contributed by atoms with van der Waals surface area (Å²) < 4.78 is 0. The van der Waals surface area contributed by atoms with E-state index in [1.165, 1.54) is 6.20 Å². The summed E-state index contributed by atoms with van der Waals surface area (Å²) in [4.78, 5) is 15.9. The van der Waals surface area contributed by atoms with E-state index in [0.717, 1.165) is 0 Å². The number of nitrogens with zero attached hydrogens (tertiary/aromatic N) is 3. The number of nitrogens with one attached hydrogen (secondary N) is 2. The van der Waals surface area contributed by atoms with E-state index in [1.54, 1.807) is 60.9 Å². The Morgan fingerprint density at radius 3 is 2.41 bits per heavy atom. The van der Waals surface area contributed by atoms with E-state index in [2.05, 4.69) is 15.6 Å². The molecule has 0 saturated heterocycles. The lowest BCUT2D eigenvalue weighted by Crippen LogP contribution is -2.11. The van der Waals surface area contributed by atoms with Crippen LogP contribution in [0.4, 0.5) is 11.4 Å². The number of carbonyl (C=O) groups excluding carboxylic acids is 1. The molecule has 0 atom stereocenters. The fourth-order valence-corrected chi connectivity index (χ4v) is 1.60. The number of rotatable bonds is 4. The van der Waals surface area contributed by atoms with Gasteiger partial charge in [-0.3, -0.25) is 9.78 Å². The minimum atomic E-state index is -0.246. The van der Waals surface area contributed by atoms with Gasteiger partial charge in [-0.1, -0.05) is 0 Å². The van der Waals surface area contributed by atoms with Crippen molar-refractivity contribution in [1.82, 2.24) is 4.98 Å². The van der Waals surface area contributed by atoms with Crippen LogP contribution in [0, 0.1) is 22.7 Å². The van der Waals surface area contributed by atoms with Crippen molar-refractivity contribution in [2.24, 2.45) is 0 Å². The zero-order valence-electron chi connectivity index (χ0n) is 11.4. The smallest absolute Gasteiger partial charge is 0.255 e. The van der Waals surface area contributed by atoms with Crippen molar-refractivity contribution in [1.29, 1.82) is 10.5 Å². The number of hydrogen-bond donors (Lipinski definition) is 2. The lowest BCUT2D eigenvalue weighted by molar-refractivity contribution is 0.102. The molecule has 0 aliphatic heterocycles. The van der Waals surface area contributed by atoms with Gasteiger partial charge in [-0.25, -0.2) is 0 Å². The Morgan fingerprint density at radius 2 is 1.82 bits per heavy atom. The first-order valence-electron chi connectivity index (χ1n) is 6.31. The molecule has 22 heavy (non-hydrogen) atoms. The van der Waals surface area contributed by atoms with E-state index >= 15 is 0 Å². The van der Waals surface area contributed by atoms with Gasteiger partial charge in [0.25, 0.3) is 5.91 Å². The van der Waals surface area contributed by atoms with Crippen LogP contribution in [-0.4, -0.2) is 10.9 Å². The van der Waals surface area contributed by atoms with Crippen LogP contribution in [0.15, 0.2) is 60.6 Å². The first-order valence-corrected chi connectivity index (χ1v) is 6.31. The Morgan fingerprint density at radius 1 is 1.09 bits per heavy atom. The van der Waals surface area contributed by atoms with E-state index in [9.17, 15) is 4.79 Å². The molecule has 1 amide bonds. The highest BCUT2D eigenvalue weighted by atomic mass is 16.1. The molecular formula is C16H11N5O. The maximum absolute atomic E-state index is 12.0. The van der Waals surface area contributed by atoms with Gasteiger partial charge < -0.3 is 10.6 Å². The van der Waals surface area contributed by atoms with Gasteiger partial charge in [0.05, 0.1) is 11.9 Å². The monoisotopic (exact) mass is 289 g/mol. The number of anilines is 2. The topological polar surface area (TPSA) is 102 Å². The number of nitriles is 2. The summed E-state index contributed by atoms with van der Waals surface area (Å²) in [5.74, 6) is -0.246. The quantitative estimate of drug-likeness (QED) is 0.842. The van der Waals surface area contributed by atoms with Crippen LogP contribution in [-0.2, 0) is 0 Å². The molecule has 6 heteroatoms. The first-order chi connectivity index (χ1) is 10.7. The lowest BCUT2D eigenvalue weighted by atomic mass is 10.2. The number of carbonyl (C=O) groups is 1. The standard InChI is InChI=1S/C16H11N5O/c17-8-12(9-18)10-20-14-5-3-13(4-6-14)16(22)21-15-2-1-7-19-11-15/h1-7,10-11,20H,(H,21,22). The van der Waals surface area contributed by atoms with Gasteiger partial charge in [0, 0.05) is 23.6 Å². The van der Waals surface area contributed by atoms with Crippen LogP contribution in [0.2, 0.25) is 0 Å². The van der Waals surface area contributed by atoms with Crippen molar-refractivity contribution in [2.45, 2.75) is 0 Å². The maximum Gasteiger partial charge on any atom is 0.255 e. The molecule has 0 saturated carbocycles. The molecule has 2 aromatic rings. The summed E-state index contributed by atoms with van der Waals surface area (Å²) in [6.07, 6.45) is 4.50. The summed E-state index contributed by atoms with van der Waals surface area (Å²) in [5.41, 5.74) is 1.74. The minimum Gasteiger partial charge on any atom is -0.360 e. The Balaban J connectivity index is 2.03. The molecule has 6 nitrogen and oxygen atoms in total. The van der Waals surface area contributed by atoms with Crippen molar-refractivity contribution in [3.63, 3.8) is 0 Å². The molecule has 2 rings (SSSR count). The lowest BCUT2D eigenvalue weighted by Gasteiger charge is -2.06. The molecule has 1 aromatic carbocycles. The third-order valence-electron chi connectivity index (χ3n) is 2.69. The predicted molar refractivity (Wildman–Crippen MR) is 81.6 cm³/mol. The Kier molecular flexibility index (Phi) is 4.85. The van der Waals surface area contributed by atoms with Crippen LogP contribution >= 0.6 is 0 Å². The second-order valence-corrected chi connectivity index (χ2v) is 4.20. The van der Waals surface area contributed by atoms with E-state index in [1.807, 2.05) is 0 Å². The molecular weight excluding hydrogens is 278 g/mol. The fraction of sp³-hybridized carbons (Fsp3) is 0. The fourth-order valence-electron chi connectivity index (χ4n) is 1.60. The molecule has 2 N–H and O–H groups in total. The predicted octanol–water partition coefficient (Wildman–Crippen LogP) is 2.68. The number of benzene rings is 1. The molecule has 0 aliphatic rings. The molecule has 106 valence electrons. The maximum atomic E-state index is 12.0. The van der Waals surface area contributed by atoms with Gasteiger partial charge in [-0.05, 0) is 36.4 Å². The van der Waals surface area contributed by atoms with Crippen molar-refractivity contribution < 1.29 is 4.79 Å². The van der Waals surface area contributed by atoms with Gasteiger partial charge in [-0.2, -0.15) is 10.5 Å². The normalized spacial score (nSPS) is 9.00. The van der Waals surface area contributed by atoms with Gasteiger partial charge in [-0.15, -0.1) is 0 Å². The molecule has 0 bridgehead atoms. The number of pyridine rings is 1. The zero-order valence-corrected chi connectivity index (χ0v) is 11.4. The molecule has 1 heterocycles.